The number of nitrogens with one attached hydrogen (secondary N) is 2. The summed E-state index contributed by atoms with van der Waals surface area (Å²) < 4.78 is 11.3. The highest BCUT2D eigenvalue weighted by Gasteiger charge is 2.10. The van der Waals surface area contributed by atoms with Crippen LogP contribution >= 0.6 is 48.0 Å². The summed E-state index contributed by atoms with van der Waals surface area (Å²) >= 11 is 12.4. The van der Waals surface area contributed by atoms with E-state index in [1.54, 1.807) is 19.2 Å². The van der Waals surface area contributed by atoms with Gasteiger partial charge in [-0.15, -0.1) is 24.8 Å². The zero-order chi connectivity index (χ0) is 18.8. The molecule has 0 aliphatic rings. The molecule has 0 fully saturated rings. The fraction of sp³-hybridized carbons (Fsp3) is 0.400. The lowest BCUT2D eigenvalue weighted by molar-refractivity contribution is 0.284. The summed E-state index contributed by atoms with van der Waals surface area (Å²) in [5.74, 6) is 1.36. The molecule has 0 aliphatic heterocycles. The molecule has 0 saturated heterocycles. The van der Waals surface area contributed by atoms with Gasteiger partial charge < -0.3 is 20.1 Å². The smallest absolute Gasteiger partial charge is 0.161 e. The van der Waals surface area contributed by atoms with Crippen LogP contribution in [0.3, 0.4) is 0 Å². The zero-order valence-electron chi connectivity index (χ0n) is 16.1. The third kappa shape index (κ3) is 8.64. The van der Waals surface area contributed by atoms with Crippen molar-refractivity contribution < 1.29 is 9.47 Å². The predicted molar refractivity (Wildman–Crippen MR) is 123 cm³/mol. The molecule has 0 atom stereocenters. The fourth-order valence-corrected chi connectivity index (χ4v) is 3.02. The van der Waals surface area contributed by atoms with E-state index in [1.165, 1.54) is 0 Å². The Balaban J connectivity index is 0.00000364. The Morgan fingerprint density at radius 2 is 1.61 bits per heavy atom. The van der Waals surface area contributed by atoms with E-state index in [-0.39, 0.29) is 31.4 Å². The van der Waals surface area contributed by atoms with Crippen molar-refractivity contribution in [3.05, 3.63) is 57.6 Å². The molecule has 158 valence electrons. The maximum Gasteiger partial charge on any atom is 0.161 e. The van der Waals surface area contributed by atoms with E-state index in [0.717, 1.165) is 43.7 Å². The molecule has 4 nitrogen and oxygen atoms in total. The molecule has 0 heterocycles. The lowest BCUT2D eigenvalue weighted by Crippen LogP contribution is -2.21. The van der Waals surface area contributed by atoms with Crippen LogP contribution < -0.4 is 20.1 Å². The molecule has 8 heteroatoms. The molecule has 2 N–H and O–H groups in total. The summed E-state index contributed by atoms with van der Waals surface area (Å²) in [6.07, 6.45) is 1.10. The molecule has 0 bridgehead atoms. The Kier molecular flexibility index (Phi) is 14.6. The van der Waals surface area contributed by atoms with Crippen LogP contribution in [-0.4, -0.2) is 26.7 Å². The number of ether oxygens (including phenoxy) is 2. The van der Waals surface area contributed by atoms with Crippen molar-refractivity contribution in [1.29, 1.82) is 0 Å². The Morgan fingerprint density at radius 1 is 0.929 bits per heavy atom. The molecule has 0 aliphatic carbocycles. The lowest BCUT2D eigenvalue weighted by Gasteiger charge is -2.14. The Bertz CT molecular complexity index is 682. The minimum Gasteiger partial charge on any atom is -0.493 e. The third-order valence-electron chi connectivity index (χ3n) is 3.95. The second kappa shape index (κ2) is 15.0. The van der Waals surface area contributed by atoms with Crippen LogP contribution in [0.4, 0.5) is 0 Å². The molecule has 0 spiro atoms. The third-order valence-corrected chi connectivity index (χ3v) is 4.66. The minimum atomic E-state index is 0. The van der Waals surface area contributed by atoms with Crippen LogP contribution in [-0.2, 0) is 13.2 Å². The van der Waals surface area contributed by atoms with Gasteiger partial charge in [-0.25, -0.2) is 0 Å². The first-order chi connectivity index (χ1) is 12.7. The van der Waals surface area contributed by atoms with Crippen LogP contribution in [0.1, 0.15) is 24.5 Å². The Hall–Kier alpha value is -0.880. The van der Waals surface area contributed by atoms with Crippen LogP contribution in [0.25, 0.3) is 0 Å². The van der Waals surface area contributed by atoms with Gasteiger partial charge in [0.1, 0.15) is 6.61 Å². The number of hydrogen-bond donors (Lipinski definition) is 2. The highest BCUT2D eigenvalue weighted by molar-refractivity contribution is 6.35. The van der Waals surface area contributed by atoms with Crippen molar-refractivity contribution in [2.45, 2.75) is 26.5 Å². The monoisotopic (exact) mass is 468 g/mol. The van der Waals surface area contributed by atoms with Crippen LogP contribution in [0.2, 0.25) is 10.0 Å². The quantitative estimate of drug-likeness (QED) is 0.425. The summed E-state index contributed by atoms with van der Waals surface area (Å²) in [6.45, 7) is 6.21. The molecule has 0 amide bonds. The summed E-state index contributed by atoms with van der Waals surface area (Å²) in [4.78, 5) is 0. The highest BCUT2D eigenvalue weighted by atomic mass is 35.5. The van der Waals surface area contributed by atoms with Crippen molar-refractivity contribution in [3.63, 3.8) is 0 Å². The lowest BCUT2D eigenvalue weighted by atomic mass is 10.2. The molecule has 2 aromatic rings. The summed E-state index contributed by atoms with van der Waals surface area (Å²) in [5.41, 5.74) is 1.91. The van der Waals surface area contributed by atoms with Gasteiger partial charge in [-0.3, -0.25) is 0 Å². The van der Waals surface area contributed by atoms with Crippen LogP contribution in [0.5, 0.6) is 11.5 Å². The first kappa shape index (κ1) is 27.1. The minimum absolute atomic E-state index is 0. The van der Waals surface area contributed by atoms with Gasteiger partial charge in [-0.05, 0) is 55.9 Å². The molecule has 0 aromatic heterocycles. The molecule has 28 heavy (non-hydrogen) atoms. The van der Waals surface area contributed by atoms with Crippen molar-refractivity contribution in [1.82, 2.24) is 10.6 Å². The molecular formula is C20H28Cl4N2O2. The van der Waals surface area contributed by atoms with Gasteiger partial charge in [-0.2, -0.15) is 0 Å². The number of halogens is 4. The second-order valence-corrected chi connectivity index (χ2v) is 6.67. The largest absolute Gasteiger partial charge is 0.493 e. The maximum atomic E-state index is 6.19. The number of benzene rings is 2. The van der Waals surface area contributed by atoms with E-state index in [1.807, 2.05) is 24.3 Å². The van der Waals surface area contributed by atoms with Gasteiger partial charge in [0, 0.05) is 22.2 Å². The van der Waals surface area contributed by atoms with Crippen LogP contribution in [0, 0.1) is 0 Å². The van der Waals surface area contributed by atoms with E-state index >= 15 is 0 Å². The van der Waals surface area contributed by atoms with Gasteiger partial charge in [0.25, 0.3) is 0 Å². The predicted octanol–water partition coefficient (Wildman–Crippen LogP) is 5.51. The number of rotatable bonds is 11. The summed E-state index contributed by atoms with van der Waals surface area (Å²) in [5, 5.41) is 7.93. The van der Waals surface area contributed by atoms with E-state index < -0.39 is 0 Å². The summed E-state index contributed by atoms with van der Waals surface area (Å²) in [6, 6.07) is 11.3. The van der Waals surface area contributed by atoms with Gasteiger partial charge in [-0.1, -0.05) is 42.3 Å². The molecule has 0 radical (unpaired) electrons. The Labute approximate surface area is 190 Å². The SMILES string of the molecule is CCNCCCNCc1ccc(OCc2c(Cl)cccc2Cl)c(OC)c1.Cl.Cl. The second-order valence-electron chi connectivity index (χ2n) is 5.86. The first-order valence-corrected chi connectivity index (χ1v) is 9.55. The van der Waals surface area contributed by atoms with Gasteiger partial charge in [0.15, 0.2) is 11.5 Å². The normalized spacial score (nSPS) is 10.0. The van der Waals surface area contributed by atoms with E-state index in [0.29, 0.717) is 21.5 Å². The number of methoxy groups -OCH3 is 1. The molecule has 2 aromatic carbocycles. The van der Waals surface area contributed by atoms with E-state index in [2.05, 4.69) is 17.6 Å². The fourth-order valence-electron chi connectivity index (χ4n) is 2.51. The average molecular weight is 470 g/mol. The maximum absolute atomic E-state index is 6.19. The van der Waals surface area contributed by atoms with Gasteiger partial charge in [0.05, 0.1) is 7.11 Å². The average Bonchev–Trinajstić information content (AvgIpc) is 2.64. The van der Waals surface area contributed by atoms with E-state index in [4.69, 9.17) is 32.7 Å². The molecule has 2 rings (SSSR count). The summed E-state index contributed by atoms with van der Waals surface area (Å²) in [7, 11) is 1.64. The van der Waals surface area contributed by atoms with Gasteiger partial charge >= 0.3 is 0 Å². The van der Waals surface area contributed by atoms with Gasteiger partial charge in [0.2, 0.25) is 0 Å². The first-order valence-electron chi connectivity index (χ1n) is 8.79. The molecular weight excluding hydrogens is 442 g/mol. The van der Waals surface area contributed by atoms with E-state index in [9.17, 15) is 0 Å². The van der Waals surface area contributed by atoms with Crippen molar-refractivity contribution >= 4 is 48.0 Å². The molecule has 0 saturated carbocycles. The number of hydrogen-bond acceptors (Lipinski definition) is 4. The topological polar surface area (TPSA) is 42.5 Å². The Morgan fingerprint density at radius 3 is 2.25 bits per heavy atom. The van der Waals surface area contributed by atoms with Crippen LogP contribution in [0.15, 0.2) is 36.4 Å². The van der Waals surface area contributed by atoms with Crippen molar-refractivity contribution in [2.75, 3.05) is 26.7 Å². The molecule has 0 unspecified atom stereocenters. The zero-order valence-corrected chi connectivity index (χ0v) is 19.2. The van der Waals surface area contributed by atoms with Crippen molar-refractivity contribution in [3.8, 4) is 11.5 Å². The standard InChI is InChI=1S/C20H26Cl2N2O2.2ClH/c1-3-23-10-5-11-24-13-15-8-9-19(20(12-15)25-2)26-14-16-17(21)6-4-7-18(16)22;;/h4,6-9,12,23-24H,3,5,10-11,13-14H2,1-2H3;2*1H. The van der Waals surface area contributed by atoms with Crippen molar-refractivity contribution in [2.24, 2.45) is 0 Å². The highest BCUT2D eigenvalue weighted by Crippen LogP contribution is 2.31.